The van der Waals surface area contributed by atoms with Crippen LogP contribution in [0, 0.1) is 0 Å². The molecular weight excluding hydrogens is 320 g/mol. The van der Waals surface area contributed by atoms with Gasteiger partial charge in [-0.05, 0) is 36.8 Å². The summed E-state index contributed by atoms with van der Waals surface area (Å²) in [6.45, 7) is 2.95. The molecule has 0 aliphatic carbocycles. The van der Waals surface area contributed by atoms with Gasteiger partial charge in [-0.3, -0.25) is 9.59 Å². The second-order valence-corrected chi connectivity index (χ2v) is 5.80. The molecule has 0 saturated carbocycles. The first kappa shape index (κ1) is 17.0. The van der Waals surface area contributed by atoms with Crippen molar-refractivity contribution in [2.24, 2.45) is 0 Å². The van der Waals surface area contributed by atoms with E-state index in [-0.39, 0.29) is 18.5 Å². The van der Waals surface area contributed by atoms with Gasteiger partial charge in [0.2, 0.25) is 12.7 Å². The smallest absolute Gasteiger partial charge is 0.231 e. The van der Waals surface area contributed by atoms with Gasteiger partial charge in [0.15, 0.2) is 17.3 Å². The first-order valence-electron chi connectivity index (χ1n) is 8.12. The predicted molar refractivity (Wildman–Crippen MR) is 94.0 cm³/mol. The lowest BCUT2D eigenvalue weighted by Gasteiger charge is -2.08. The van der Waals surface area contributed by atoms with Gasteiger partial charge in [0.05, 0.1) is 0 Å². The summed E-state index contributed by atoms with van der Waals surface area (Å²) in [6, 6.07) is 12.7. The van der Waals surface area contributed by atoms with Crippen molar-refractivity contribution in [3.63, 3.8) is 0 Å². The highest BCUT2D eigenvalue weighted by Gasteiger charge is 2.13. The molecule has 0 saturated heterocycles. The minimum atomic E-state index is -0.0983. The fourth-order valence-corrected chi connectivity index (χ4v) is 2.52. The minimum Gasteiger partial charge on any atom is -0.454 e. The molecule has 1 aliphatic rings. The van der Waals surface area contributed by atoms with Crippen LogP contribution >= 0.6 is 0 Å². The molecule has 1 aliphatic heterocycles. The molecule has 130 valence electrons. The number of carbonyl (C=O) groups is 2. The molecule has 0 fully saturated rings. The molecule has 2 aromatic rings. The van der Waals surface area contributed by atoms with Crippen molar-refractivity contribution in [3.8, 4) is 11.5 Å². The molecule has 0 aromatic heterocycles. The van der Waals surface area contributed by atoms with Crippen LogP contribution in [0.1, 0.15) is 29.3 Å². The molecular formula is C19H20N2O4. The Bertz CT molecular complexity index is 789. The molecule has 2 N–H and O–H groups in total. The molecule has 25 heavy (non-hydrogen) atoms. The molecule has 0 radical (unpaired) electrons. The zero-order valence-corrected chi connectivity index (χ0v) is 14.0. The van der Waals surface area contributed by atoms with Gasteiger partial charge in [0.1, 0.15) is 0 Å². The molecule has 0 bridgehead atoms. The van der Waals surface area contributed by atoms with Crippen molar-refractivity contribution < 1.29 is 19.1 Å². The van der Waals surface area contributed by atoms with Crippen LogP contribution in [0.5, 0.6) is 11.5 Å². The Hall–Kier alpha value is -2.86. The average Bonchev–Trinajstić information content (AvgIpc) is 3.06. The van der Waals surface area contributed by atoms with Gasteiger partial charge in [-0.1, -0.05) is 18.2 Å². The Kier molecular flexibility index (Phi) is 5.30. The Morgan fingerprint density at radius 2 is 1.92 bits per heavy atom. The summed E-state index contributed by atoms with van der Waals surface area (Å²) in [5.41, 5.74) is 2.28. The van der Waals surface area contributed by atoms with Crippen molar-refractivity contribution in [3.05, 3.63) is 53.6 Å². The first-order valence-corrected chi connectivity index (χ1v) is 8.12. The van der Waals surface area contributed by atoms with Crippen molar-refractivity contribution in [2.45, 2.75) is 19.9 Å². The number of hydrogen-bond acceptors (Lipinski definition) is 5. The molecule has 0 unspecified atom stereocenters. The molecule has 0 atom stereocenters. The fourth-order valence-electron chi connectivity index (χ4n) is 2.52. The predicted octanol–water partition coefficient (Wildman–Crippen LogP) is 2.74. The quantitative estimate of drug-likeness (QED) is 0.599. The Balaban J connectivity index is 1.42. The third-order valence-corrected chi connectivity index (χ3v) is 3.85. The maximum Gasteiger partial charge on any atom is 0.231 e. The lowest BCUT2D eigenvalue weighted by atomic mass is 10.1. The largest absolute Gasteiger partial charge is 0.454 e. The van der Waals surface area contributed by atoms with Crippen molar-refractivity contribution in [2.75, 3.05) is 18.7 Å². The van der Waals surface area contributed by atoms with Crippen LogP contribution in [0.2, 0.25) is 0 Å². The summed E-state index contributed by atoms with van der Waals surface area (Å²) in [5, 5.41) is 6.03. The third-order valence-electron chi connectivity index (χ3n) is 3.85. The zero-order valence-electron chi connectivity index (χ0n) is 14.0. The van der Waals surface area contributed by atoms with Crippen molar-refractivity contribution in [1.82, 2.24) is 5.32 Å². The molecule has 1 heterocycles. The van der Waals surface area contributed by atoms with Crippen LogP contribution in [0.3, 0.4) is 0 Å². The van der Waals surface area contributed by atoms with Crippen LogP contribution in [-0.2, 0) is 11.3 Å². The highest BCUT2D eigenvalue weighted by molar-refractivity contribution is 5.97. The average molecular weight is 340 g/mol. The van der Waals surface area contributed by atoms with Gasteiger partial charge in [0.25, 0.3) is 0 Å². The number of ketones is 1. The van der Waals surface area contributed by atoms with Gasteiger partial charge in [0, 0.05) is 30.8 Å². The molecule has 6 heteroatoms. The second kappa shape index (κ2) is 7.81. The summed E-state index contributed by atoms with van der Waals surface area (Å²) in [5.74, 6) is 1.39. The van der Waals surface area contributed by atoms with Crippen LogP contribution in [-0.4, -0.2) is 25.0 Å². The van der Waals surface area contributed by atoms with E-state index in [0.29, 0.717) is 30.8 Å². The van der Waals surface area contributed by atoms with Gasteiger partial charge >= 0.3 is 0 Å². The normalized spacial score (nSPS) is 12.0. The standard InChI is InChI=1S/C19H20N2O4/c1-13(22)15-3-2-4-16(10-15)21-19(23)7-8-20-11-14-5-6-17-18(9-14)25-12-24-17/h2-6,9-10,20H,7-8,11-12H2,1H3,(H,21,23). The summed E-state index contributed by atoms with van der Waals surface area (Å²) in [6.07, 6.45) is 0.342. The van der Waals surface area contributed by atoms with Crippen LogP contribution in [0.15, 0.2) is 42.5 Å². The maximum atomic E-state index is 12.0. The Morgan fingerprint density at radius 1 is 1.08 bits per heavy atom. The zero-order chi connectivity index (χ0) is 17.6. The van der Waals surface area contributed by atoms with Crippen LogP contribution in [0.25, 0.3) is 0 Å². The van der Waals surface area contributed by atoms with E-state index in [0.717, 1.165) is 17.1 Å². The van der Waals surface area contributed by atoms with E-state index in [1.165, 1.54) is 6.92 Å². The Morgan fingerprint density at radius 3 is 2.76 bits per heavy atom. The van der Waals surface area contributed by atoms with Crippen LogP contribution < -0.4 is 20.1 Å². The summed E-state index contributed by atoms with van der Waals surface area (Å²) in [4.78, 5) is 23.3. The maximum absolute atomic E-state index is 12.0. The lowest BCUT2D eigenvalue weighted by Crippen LogP contribution is -2.21. The molecule has 3 rings (SSSR count). The van der Waals surface area contributed by atoms with Gasteiger partial charge in [-0.15, -0.1) is 0 Å². The highest BCUT2D eigenvalue weighted by atomic mass is 16.7. The van der Waals surface area contributed by atoms with Gasteiger partial charge < -0.3 is 20.1 Å². The van der Waals surface area contributed by atoms with Crippen molar-refractivity contribution in [1.29, 1.82) is 0 Å². The molecule has 2 aromatic carbocycles. The number of fused-ring (bicyclic) bond motifs is 1. The second-order valence-electron chi connectivity index (χ2n) is 5.80. The monoisotopic (exact) mass is 340 g/mol. The number of ether oxygens (including phenoxy) is 2. The van der Waals surface area contributed by atoms with E-state index in [9.17, 15) is 9.59 Å². The van der Waals surface area contributed by atoms with E-state index in [2.05, 4.69) is 10.6 Å². The topological polar surface area (TPSA) is 76.7 Å². The van der Waals surface area contributed by atoms with Crippen LogP contribution in [0.4, 0.5) is 5.69 Å². The lowest BCUT2D eigenvalue weighted by molar-refractivity contribution is -0.116. The summed E-state index contributed by atoms with van der Waals surface area (Å²) in [7, 11) is 0. The number of carbonyl (C=O) groups excluding carboxylic acids is 2. The number of nitrogens with one attached hydrogen (secondary N) is 2. The van der Waals surface area contributed by atoms with Gasteiger partial charge in [-0.25, -0.2) is 0 Å². The summed E-state index contributed by atoms with van der Waals surface area (Å²) >= 11 is 0. The fraction of sp³-hybridized carbons (Fsp3) is 0.263. The minimum absolute atomic E-state index is 0.0264. The van der Waals surface area contributed by atoms with E-state index < -0.39 is 0 Å². The first-order chi connectivity index (χ1) is 12.1. The number of benzene rings is 2. The van der Waals surface area contributed by atoms with Gasteiger partial charge in [-0.2, -0.15) is 0 Å². The molecule has 0 spiro atoms. The SMILES string of the molecule is CC(=O)c1cccc(NC(=O)CCNCc2ccc3c(c2)OCO3)c1. The number of hydrogen-bond donors (Lipinski definition) is 2. The number of Topliss-reactive ketones (excluding diaryl/α,β-unsaturated/α-hetero) is 1. The van der Waals surface area contributed by atoms with E-state index >= 15 is 0 Å². The summed E-state index contributed by atoms with van der Waals surface area (Å²) < 4.78 is 10.6. The Labute approximate surface area is 146 Å². The van der Waals surface area contributed by atoms with E-state index in [1.54, 1.807) is 24.3 Å². The number of anilines is 1. The molecule has 1 amide bonds. The van der Waals surface area contributed by atoms with E-state index in [1.807, 2.05) is 18.2 Å². The number of amides is 1. The third kappa shape index (κ3) is 4.58. The highest BCUT2D eigenvalue weighted by Crippen LogP contribution is 2.32. The van der Waals surface area contributed by atoms with E-state index in [4.69, 9.17) is 9.47 Å². The van der Waals surface area contributed by atoms with Crippen molar-refractivity contribution >= 4 is 17.4 Å². The molecule has 6 nitrogen and oxygen atoms in total. The number of rotatable bonds is 7.